The summed E-state index contributed by atoms with van der Waals surface area (Å²) in [5.74, 6) is 0. The van der Waals surface area contributed by atoms with Crippen LogP contribution in [-0.4, -0.2) is 14.4 Å². The van der Waals surface area contributed by atoms with Gasteiger partial charge in [0.1, 0.15) is 4.60 Å². The molecular weight excluding hydrogens is 337 g/mol. The fraction of sp³-hybridized carbons (Fsp3) is 0. The van der Waals surface area contributed by atoms with E-state index in [0.29, 0.717) is 10.0 Å². The standard InChI is InChI=1S/C12H6BrCl2N3/c13-11-6-18-5-10(17-12(18)4-16-11)8-2-1-7(14)3-9(8)15/h1-6H. The van der Waals surface area contributed by atoms with Gasteiger partial charge in [0.15, 0.2) is 5.65 Å². The van der Waals surface area contributed by atoms with Crippen LogP contribution in [0.2, 0.25) is 10.0 Å². The minimum Gasteiger partial charge on any atom is -0.302 e. The van der Waals surface area contributed by atoms with E-state index in [0.717, 1.165) is 21.5 Å². The minimum atomic E-state index is 0.581. The van der Waals surface area contributed by atoms with Gasteiger partial charge in [-0.15, -0.1) is 0 Å². The molecule has 2 aromatic heterocycles. The first-order chi connectivity index (χ1) is 8.63. The van der Waals surface area contributed by atoms with E-state index in [9.17, 15) is 0 Å². The Kier molecular flexibility index (Phi) is 3.01. The summed E-state index contributed by atoms with van der Waals surface area (Å²) in [5.41, 5.74) is 2.40. The largest absolute Gasteiger partial charge is 0.302 e. The predicted octanol–water partition coefficient (Wildman–Crippen LogP) is 4.47. The molecule has 1 aromatic carbocycles. The highest BCUT2D eigenvalue weighted by Crippen LogP contribution is 2.29. The first-order valence-corrected chi connectivity index (χ1v) is 6.64. The third-order valence-corrected chi connectivity index (χ3v) is 3.47. The Bertz CT molecular complexity index is 739. The molecule has 90 valence electrons. The van der Waals surface area contributed by atoms with Crippen molar-refractivity contribution < 1.29 is 0 Å². The van der Waals surface area contributed by atoms with Crippen molar-refractivity contribution in [1.29, 1.82) is 0 Å². The molecule has 0 spiro atoms. The molecule has 0 unspecified atom stereocenters. The van der Waals surface area contributed by atoms with Crippen molar-refractivity contribution in [3.05, 3.63) is 51.4 Å². The molecule has 3 rings (SSSR count). The molecule has 0 bridgehead atoms. The highest BCUT2D eigenvalue weighted by atomic mass is 79.9. The lowest BCUT2D eigenvalue weighted by Crippen LogP contribution is -1.84. The van der Waals surface area contributed by atoms with Crippen molar-refractivity contribution in [1.82, 2.24) is 14.4 Å². The Balaban J connectivity index is 2.19. The second kappa shape index (κ2) is 4.53. The van der Waals surface area contributed by atoms with Gasteiger partial charge in [-0.05, 0) is 34.1 Å². The molecule has 0 amide bonds. The molecule has 0 atom stereocenters. The van der Waals surface area contributed by atoms with Gasteiger partial charge < -0.3 is 4.40 Å². The Morgan fingerprint density at radius 1 is 1.17 bits per heavy atom. The SMILES string of the molecule is Clc1ccc(-c2cn3cc(Br)ncc3n2)c(Cl)c1. The Labute approximate surface area is 122 Å². The number of halogens is 3. The summed E-state index contributed by atoms with van der Waals surface area (Å²) < 4.78 is 2.64. The molecule has 0 aliphatic heterocycles. The molecule has 0 radical (unpaired) electrons. The van der Waals surface area contributed by atoms with E-state index in [1.807, 2.05) is 22.9 Å². The fourth-order valence-electron chi connectivity index (χ4n) is 1.70. The third-order valence-electron chi connectivity index (χ3n) is 2.52. The lowest BCUT2D eigenvalue weighted by Gasteiger charge is -2.00. The van der Waals surface area contributed by atoms with Gasteiger partial charge in [0.2, 0.25) is 0 Å². The van der Waals surface area contributed by atoms with Crippen LogP contribution in [0.5, 0.6) is 0 Å². The second-order valence-electron chi connectivity index (χ2n) is 3.73. The van der Waals surface area contributed by atoms with E-state index in [-0.39, 0.29) is 0 Å². The summed E-state index contributed by atoms with van der Waals surface area (Å²) in [7, 11) is 0. The van der Waals surface area contributed by atoms with Crippen molar-refractivity contribution in [3.63, 3.8) is 0 Å². The van der Waals surface area contributed by atoms with Gasteiger partial charge >= 0.3 is 0 Å². The lowest BCUT2D eigenvalue weighted by molar-refractivity contribution is 1.10. The maximum atomic E-state index is 6.16. The molecule has 2 heterocycles. The van der Waals surface area contributed by atoms with Crippen LogP contribution >= 0.6 is 39.1 Å². The zero-order valence-corrected chi connectivity index (χ0v) is 12.0. The second-order valence-corrected chi connectivity index (χ2v) is 5.38. The summed E-state index contributed by atoms with van der Waals surface area (Å²) >= 11 is 15.4. The highest BCUT2D eigenvalue weighted by molar-refractivity contribution is 9.10. The number of benzene rings is 1. The summed E-state index contributed by atoms with van der Waals surface area (Å²) in [6.45, 7) is 0. The summed E-state index contributed by atoms with van der Waals surface area (Å²) in [4.78, 5) is 8.60. The van der Waals surface area contributed by atoms with Gasteiger partial charge in [-0.3, -0.25) is 0 Å². The van der Waals surface area contributed by atoms with E-state index in [1.165, 1.54) is 0 Å². The number of hydrogen-bond donors (Lipinski definition) is 0. The van der Waals surface area contributed by atoms with Crippen LogP contribution in [0.3, 0.4) is 0 Å². The summed E-state index contributed by atoms with van der Waals surface area (Å²) in [6, 6.07) is 5.35. The van der Waals surface area contributed by atoms with Crippen molar-refractivity contribution in [2.24, 2.45) is 0 Å². The minimum absolute atomic E-state index is 0.581. The average molecular weight is 343 g/mol. The maximum Gasteiger partial charge on any atom is 0.156 e. The summed E-state index contributed by atoms with van der Waals surface area (Å²) in [5, 5.41) is 1.19. The maximum absolute atomic E-state index is 6.16. The molecule has 0 N–H and O–H groups in total. The molecule has 0 aliphatic rings. The van der Waals surface area contributed by atoms with E-state index < -0.39 is 0 Å². The Hall–Kier alpha value is -1.10. The van der Waals surface area contributed by atoms with Crippen molar-refractivity contribution in [3.8, 4) is 11.3 Å². The molecule has 6 heteroatoms. The number of fused-ring (bicyclic) bond motifs is 1. The smallest absolute Gasteiger partial charge is 0.156 e. The lowest BCUT2D eigenvalue weighted by atomic mass is 10.2. The Morgan fingerprint density at radius 2 is 2.00 bits per heavy atom. The first-order valence-electron chi connectivity index (χ1n) is 5.09. The van der Waals surface area contributed by atoms with E-state index in [4.69, 9.17) is 23.2 Å². The zero-order valence-electron chi connectivity index (χ0n) is 8.94. The molecular formula is C12H6BrCl2N3. The van der Waals surface area contributed by atoms with E-state index in [2.05, 4.69) is 25.9 Å². The number of rotatable bonds is 1. The van der Waals surface area contributed by atoms with Crippen LogP contribution in [-0.2, 0) is 0 Å². The number of hydrogen-bond acceptors (Lipinski definition) is 2. The van der Waals surface area contributed by atoms with E-state index in [1.54, 1.807) is 18.3 Å². The summed E-state index contributed by atoms with van der Waals surface area (Å²) in [6.07, 6.45) is 5.43. The van der Waals surface area contributed by atoms with E-state index >= 15 is 0 Å². The molecule has 0 fully saturated rings. The third kappa shape index (κ3) is 2.11. The molecule has 0 saturated carbocycles. The predicted molar refractivity (Wildman–Crippen MR) is 76.1 cm³/mol. The molecule has 3 aromatic rings. The number of aromatic nitrogens is 3. The van der Waals surface area contributed by atoms with Crippen LogP contribution < -0.4 is 0 Å². The monoisotopic (exact) mass is 341 g/mol. The number of nitrogens with zero attached hydrogens (tertiary/aromatic N) is 3. The Morgan fingerprint density at radius 3 is 2.78 bits per heavy atom. The van der Waals surface area contributed by atoms with Crippen LogP contribution in [0.15, 0.2) is 41.4 Å². The quantitative estimate of drug-likeness (QED) is 0.653. The van der Waals surface area contributed by atoms with Crippen molar-refractivity contribution in [2.45, 2.75) is 0 Å². The zero-order chi connectivity index (χ0) is 12.7. The molecule has 18 heavy (non-hydrogen) atoms. The van der Waals surface area contributed by atoms with Gasteiger partial charge in [0.25, 0.3) is 0 Å². The van der Waals surface area contributed by atoms with Crippen LogP contribution in [0.25, 0.3) is 16.9 Å². The van der Waals surface area contributed by atoms with Crippen LogP contribution in [0.4, 0.5) is 0 Å². The van der Waals surface area contributed by atoms with Gasteiger partial charge in [-0.25, -0.2) is 9.97 Å². The number of imidazole rings is 1. The van der Waals surface area contributed by atoms with Gasteiger partial charge in [0, 0.05) is 23.0 Å². The molecule has 3 nitrogen and oxygen atoms in total. The fourth-order valence-corrected chi connectivity index (χ4v) is 2.53. The van der Waals surface area contributed by atoms with Gasteiger partial charge in [0.05, 0.1) is 16.9 Å². The van der Waals surface area contributed by atoms with Crippen LogP contribution in [0, 0.1) is 0 Å². The molecule has 0 aliphatic carbocycles. The van der Waals surface area contributed by atoms with Crippen molar-refractivity contribution in [2.75, 3.05) is 0 Å². The average Bonchev–Trinajstić information content (AvgIpc) is 2.71. The molecule has 0 saturated heterocycles. The normalized spacial score (nSPS) is 11.1. The topological polar surface area (TPSA) is 30.2 Å². The van der Waals surface area contributed by atoms with Crippen LogP contribution in [0.1, 0.15) is 0 Å². The first kappa shape index (κ1) is 12.0. The van der Waals surface area contributed by atoms with Crippen molar-refractivity contribution >= 4 is 44.8 Å². The van der Waals surface area contributed by atoms with Gasteiger partial charge in [-0.1, -0.05) is 23.2 Å². The highest BCUT2D eigenvalue weighted by Gasteiger charge is 2.09. The van der Waals surface area contributed by atoms with Gasteiger partial charge in [-0.2, -0.15) is 0 Å².